The van der Waals surface area contributed by atoms with Crippen LogP contribution in [0.25, 0.3) is 0 Å². The highest BCUT2D eigenvalue weighted by molar-refractivity contribution is 5.82. The summed E-state index contributed by atoms with van der Waals surface area (Å²) in [6.45, 7) is 6.83. The molecule has 0 atom stereocenters. The van der Waals surface area contributed by atoms with Gasteiger partial charge >= 0.3 is 0 Å². The first kappa shape index (κ1) is 11.8. The minimum Gasteiger partial charge on any atom is -0.387 e. The molecule has 2 N–H and O–H groups in total. The molecule has 15 heavy (non-hydrogen) atoms. The highest BCUT2D eigenvalue weighted by Gasteiger charge is 2.05. The van der Waals surface area contributed by atoms with Gasteiger partial charge in [-0.25, -0.2) is 0 Å². The molecule has 0 aromatic carbocycles. The third-order valence-electron chi connectivity index (χ3n) is 2.35. The van der Waals surface area contributed by atoms with E-state index < -0.39 is 0 Å². The monoisotopic (exact) mass is 208 g/mol. The fourth-order valence-corrected chi connectivity index (χ4v) is 1.37. The van der Waals surface area contributed by atoms with E-state index in [2.05, 4.69) is 17.0 Å². The number of hydrogen-bond donors (Lipinski definition) is 1. The Balaban J connectivity index is 2.76. The molecule has 4 heteroatoms. The minimum absolute atomic E-state index is 0.312. The molecule has 0 bridgehead atoms. The number of aromatic nitrogens is 2. The maximum Gasteiger partial charge on any atom is 0.0967 e. The minimum atomic E-state index is 0.312. The molecule has 1 rings (SSSR count). The molecular weight excluding hydrogens is 188 g/mol. The number of aryl methyl sites for hydroxylation is 2. The van der Waals surface area contributed by atoms with Crippen molar-refractivity contribution in [3.05, 3.63) is 17.5 Å². The Kier molecular flexibility index (Phi) is 3.88. The van der Waals surface area contributed by atoms with Crippen LogP contribution in [0.5, 0.6) is 0 Å². The number of hydrogen-bond acceptors (Lipinski definition) is 2. The molecule has 0 aliphatic rings. The summed E-state index contributed by atoms with van der Waals surface area (Å²) < 4.78 is 1.83. The van der Waals surface area contributed by atoms with Crippen LogP contribution >= 0.6 is 0 Å². The topological polar surface area (TPSA) is 56.2 Å². The van der Waals surface area contributed by atoms with E-state index in [0.717, 1.165) is 12.1 Å². The van der Waals surface area contributed by atoms with Crippen LogP contribution in [0.3, 0.4) is 0 Å². The highest BCUT2D eigenvalue weighted by Crippen LogP contribution is 2.09. The summed E-state index contributed by atoms with van der Waals surface area (Å²) in [5.41, 5.74) is 8.06. The van der Waals surface area contributed by atoms with Crippen molar-refractivity contribution in [2.75, 3.05) is 0 Å². The van der Waals surface area contributed by atoms with Gasteiger partial charge in [-0.05, 0) is 6.42 Å². The van der Waals surface area contributed by atoms with Gasteiger partial charge in [-0.15, -0.1) is 0 Å². The van der Waals surface area contributed by atoms with E-state index in [1.54, 1.807) is 0 Å². The Bertz CT molecular complexity index is 349. The average Bonchev–Trinajstić information content (AvgIpc) is 2.55. The lowest BCUT2D eigenvalue weighted by Gasteiger charge is -2.03. The lowest BCUT2D eigenvalue weighted by atomic mass is 10.2. The van der Waals surface area contributed by atoms with Crippen molar-refractivity contribution in [3.63, 3.8) is 0 Å². The molecule has 1 aromatic heterocycles. The molecule has 0 radical (unpaired) electrons. The van der Waals surface area contributed by atoms with Gasteiger partial charge in [-0.1, -0.05) is 20.8 Å². The van der Waals surface area contributed by atoms with E-state index in [9.17, 15) is 0 Å². The molecule has 0 fully saturated rings. The predicted octanol–water partition coefficient (Wildman–Crippen LogP) is 1.50. The van der Waals surface area contributed by atoms with Gasteiger partial charge < -0.3 is 5.73 Å². The quantitative estimate of drug-likeness (QED) is 0.602. The number of amidine groups is 1. The first-order valence-electron chi connectivity index (χ1n) is 5.35. The van der Waals surface area contributed by atoms with Crippen molar-refractivity contribution in [3.8, 4) is 0 Å². The number of nitrogens with zero attached hydrogens (tertiary/aromatic N) is 3. The molecule has 1 heterocycles. The van der Waals surface area contributed by atoms with Gasteiger partial charge in [0.25, 0.3) is 0 Å². The zero-order valence-electron chi connectivity index (χ0n) is 9.99. The number of nitrogens with two attached hydrogens (primary N) is 1. The summed E-state index contributed by atoms with van der Waals surface area (Å²) in [4.78, 5) is 4.36. The van der Waals surface area contributed by atoms with Crippen molar-refractivity contribution in [2.45, 2.75) is 33.7 Å². The van der Waals surface area contributed by atoms with E-state index >= 15 is 0 Å². The van der Waals surface area contributed by atoms with Gasteiger partial charge in [-0.2, -0.15) is 5.10 Å². The van der Waals surface area contributed by atoms with E-state index in [-0.39, 0.29) is 0 Å². The second kappa shape index (κ2) is 4.96. The van der Waals surface area contributed by atoms with Crippen LogP contribution in [0, 0.1) is 5.92 Å². The number of rotatable bonds is 4. The fourth-order valence-electron chi connectivity index (χ4n) is 1.37. The van der Waals surface area contributed by atoms with Gasteiger partial charge in [-0.3, -0.25) is 9.67 Å². The smallest absolute Gasteiger partial charge is 0.0967 e. The highest BCUT2D eigenvalue weighted by atomic mass is 15.3. The maximum absolute atomic E-state index is 5.79. The summed E-state index contributed by atoms with van der Waals surface area (Å²) in [7, 11) is 1.93. The maximum atomic E-state index is 5.79. The average molecular weight is 208 g/mol. The van der Waals surface area contributed by atoms with Crippen molar-refractivity contribution in [1.29, 1.82) is 0 Å². The molecule has 0 unspecified atom stereocenters. The Morgan fingerprint density at radius 2 is 2.27 bits per heavy atom. The van der Waals surface area contributed by atoms with E-state index in [1.165, 1.54) is 5.56 Å². The van der Waals surface area contributed by atoms with Crippen LogP contribution in [0.15, 0.2) is 11.2 Å². The zero-order valence-corrected chi connectivity index (χ0v) is 9.99. The molecule has 0 saturated heterocycles. The Morgan fingerprint density at radius 3 is 2.80 bits per heavy atom. The predicted molar refractivity (Wildman–Crippen MR) is 62.8 cm³/mol. The largest absolute Gasteiger partial charge is 0.387 e. The summed E-state index contributed by atoms with van der Waals surface area (Å²) in [5.74, 6) is 1.02. The van der Waals surface area contributed by atoms with Crippen LogP contribution < -0.4 is 5.73 Å². The zero-order chi connectivity index (χ0) is 11.4. The first-order chi connectivity index (χ1) is 7.04. The van der Waals surface area contributed by atoms with Crippen molar-refractivity contribution in [2.24, 2.45) is 23.7 Å². The van der Waals surface area contributed by atoms with Gasteiger partial charge in [0.05, 0.1) is 18.1 Å². The molecule has 0 spiro atoms. The number of aliphatic imine (C=N–C) groups is 1. The SMILES string of the molecule is CCc1nn(C)cc1CN=C(N)C(C)C. The van der Waals surface area contributed by atoms with Gasteiger partial charge in [0, 0.05) is 24.7 Å². The van der Waals surface area contributed by atoms with Crippen LogP contribution in [-0.4, -0.2) is 15.6 Å². The molecule has 0 amide bonds. The van der Waals surface area contributed by atoms with Crippen LogP contribution in [-0.2, 0) is 20.0 Å². The molecule has 0 aliphatic heterocycles. The van der Waals surface area contributed by atoms with E-state index in [0.29, 0.717) is 18.3 Å². The summed E-state index contributed by atoms with van der Waals surface area (Å²) in [6, 6.07) is 0. The third-order valence-corrected chi connectivity index (χ3v) is 2.35. The molecule has 1 aromatic rings. The molecule has 4 nitrogen and oxygen atoms in total. The van der Waals surface area contributed by atoms with E-state index in [4.69, 9.17) is 5.73 Å². The Hall–Kier alpha value is -1.32. The van der Waals surface area contributed by atoms with Crippen molar-refractivity contribution < 1.29 is 0 Å². The summed E-state index contributed by atoms with van der Waals surface area (Å²) >= 11 is 0. The van der Waals surface area contributed by atoms with Gasteiger partial charge in [0.15, 0.2) is 0 Å². The third kappa shape index (κ3) is 3.08. The van der Waals surface area contributed by atoms with Crippen LogP contribution in [0.1, 0.15) is 32.0 Å². The normalized spacial score (nSPS) is 12.5. The van der Waals surface area contributed by atoms with Crippen LogP contribution in [0.4, 0.5) is 0 Å². The van der Waals surface area contributed by atoms with Crippen LogP contribution in [0.2, 0.25) is 0 Å². The Labute approximate surface area is 91.2 Å². The first-order valence-corrected chi connectivity index (χ1v) is 5.35. The molecular formula is C11H20N4. The van der Waals surface area contributed by atoms with Gasteiger partial charge in [0.1, 0.15) is 0 Å². The molecule has 84 valence electrons. The van der Waals surface area contributed by atoms with Gasteiger partial charge in [0.2, 0.25) is 0 Å². The standard InChI is InChI=1S/C11H20N4/c1-5-10-9(7-15(4)14-10)6-13-11(12)8(2)3/h7-8H,5-6H2,1-4H3,(H2,12,13). The Morgan fingerprint density at radius 1 is 1.60 bits per heavy atom. The lowest BCUT2D eigenvalue weighted by Crippen LogP contribution is -2.18. The second-order valence-electron chi connectivity index (χ2n) is 4.02. The second-order valence-corrected chi connectivity index (χ2v) is 4.02. The lowest BCUT2D eigenvalue weighted by molar-refractivity contribution is 0.746. The van der Waals surface area contributed by atoms with E-state index in [1.807, 2.05) is 31.8 Å². The van der Waals surface area contributed by atoms with Crippen molar-refractivity contribution in [1.82, 2.24) is 9.78 Å². The fraction of sp³-hybridized carbons (Fsp3) is 0.636. The summed E-state index contributed by atoms with van der Waals surface area (Å²) in [5, 5.41) is 4.36. The molecule has 0 aliphatic carbocycles. The molecule has 0 saturated carbocycles. The van der Waals surface area contributed by atoms with Crippen molar-refractivity contribution >= 4 is 5.84 Å². The summed E-state index contributed by atoms with van der Waals surface area (Å²) in [6.07, 6.45) is 2.95.